The van der Waals surface area contributed by atoms with Crippen LogP contribution in [0.3, 0.4) is 0 Å². The Morgan fingerprint density at radius 3 is 2.43 bits per heavy atom. The SMILES string of the molecule is CC(C)C(=NC(=O)c1cccn1C)c1ncc(C(=O)NO)cn1. The summed E-state index contributed by atoms with van der Waals surface area (Å²) in [5.41, 5.74) is 2.49. The van der Waals surface area contributed by atoms with Crippen LogP contribution in [0.15, 0.2) is 35.7 Å². The van der Waals surface area contributed by atoms with Crippen LogP contribution in [0.2, 0.25) is 0 Å². The Bertz CT molecular complexity index is 747. The van der Waals surface area contributed by atoms with Gasteiger partial charge in [-0.25, -0.2) is 20.4 Å². The smallest absolute Gasteiger partial charge is 0.293 e. The summed E-state index contributed by atoms with van der Waals surface area (Å²) in [4.78, 5) is 35.8. The Hall–Kier alpha value is -2.87. The number of rotatable bonds is 4. The fourth-order valence-electron chi connectivity index (χ4n) is 1.93. The van der Waals surface area contributed by atoms with Crippen molar-refractivity contribution in [3.63, 3.8) is 0 Å². The first-order valence-corrected chi connectivity index (χ1v) is 6.95. The predicted octanol–water partition coefficient (Wildman–Crippen LogP) is 1.22. The van der Waals surface area contributed by atoms with E-state index in [0.717, 1.165) is 0 Å². The van der Waals surface area contributed by atoms with Crippen molar-refractivity contribution in [2.75, 3.05) is 0 Å². The van der Waals surface area contributed by atoms with Gasteiger partial charge in [0.2, 0.25) is 0 Å². The lowest BCUT2D eigenvalue weighted by atomic mass is 10.1. The van der Waals surface area contributed by atoms with Crippen molar-refractivity contribution in [3.05, 3.63) is 47.8 Å². The fraction of sp³-hybridized carbons (Fsp3) is 0.267. The Morgan fingerprint density at radius 1 is 1.30 bits per heavy atom. The minimum absolute atomic E-state index is 0.0864. The molecule has 2 rings (SSSR count). The third kappa shape index (κ3) is 3.67. The molecule has 0 aromatic carbocycles. The molecule has 8 nitrogen and oxygen atoms in total. The maximum Gasteiger partial charge on any atom is 0.293 e. The van der Waals surface area contributed by atoms with E-state index in [1.807, 2.05) is 13.8 Å². The van der Waals surface area contributed by atoms with Crippen molar-refractivity contribution in [1.82, 2.24) is 20.0 Å². The lowest BCUT2D eigenvalue weighted by Crippen LogP contribution is -2.21. The third-order valence-electron chi connectivity index (χ3n) is 3.18. The first-order chi connectivity index (χ1) is 10.9. The Labute approximate surface area is 132 Å². The van der Waals surface area contributed by atoms with Gasteiger partial charge in [0.1, 0.15) is 5.69 Å². The monoisotopic (exact) mass is 315 g/mol. The quantitative estimate of drug-likeness (QED) is 0.501. The number of nitrogens with zero attached hydrogens (tertiary/aromatic N) is 4. The molecule has 120 valence electrons. The molecule has 0 radical (unpaired) electrons. The molecule has 0 saturated carbocycles. The first-order valence-electron chi connectivity index (χ1n) is 6.95. The second kappa shape index (κ2) is 6.93. The van der Waals surface area contributed by atoms with Crippen LogP contribution in [-0.2, 0) is 7.05 Å². The Morgan fingerprint density at radius 2 is 1.96 bits per heavy atom. The zero-order valence-electron chi connectivity index (χ0n) is 13.0. The van der Waals surface area contributed by atoms with Gasteiger partial charge in [0, 0.05) is 25.6 Å². The number of aryl methyl sites for hydroxylation is 1. The summed E-state index contributed by atoms with van der Waals surface area (Å²) in [6.45, 7) is 3.74. The number of aromatic nitrogens is 3. The highest BCUT2D eigenvalue weighted by Gasteiger charge is 2.17. The zero-order valence-corrected chi connectivity index (χ0v) is 13.0. The van der Waals surface area contributed by atoms with E-state index in [4.69, 9.17) is 5.21 Å². The number of hydrogen-bond acceptors (Lipinski definition) is 5. The van der Waals surface area contributed by atoms with Crippen molar-refractivity contribution < 1.29 is 14.8 Å². The van der Waals surface area contributed by atoms with Gasteiger partial charge in [-0.1, -0.05) is 13.8 Å². The van der Waals surface area contributed by atoms with Crippen LogP contribution in [0.1, 0.15) is 40.5 Å². The molecular formula is C15H17N5O3. The molecule has 2 aromatic heterocycles. The number of aliphatic imine (C=N–C) groups is 1. The van der Waals surface area contributed by atoms with Gasteiger partial charge >= 0.3 is 0 Å². The minimum atomic E-state index is -0.709. The standard InChI is InChI=1S/C15H17N5O3/c1-9(2)12(18-15(22)11-5-4-6-20(11)3)13-16-7-10(8-17-13)14(21)19-23/h4-9,23H,1-3H3,(H,19,21). The molecular weight excluding hydrogens is 298 g/mol. The fourth-order valence-corrected chi connectivity index (χ4v) is 1.93. The van der Waals surface area contributed by atoms with E-state index in [1.165, 1.54) is 17.9 Å². The van der Waals surface area contributed by atoms with Gasteiger partial charge in [0.05, 0.1) is 11.3 Å². The average Bonchev–Trinajstić information content (AvgIpc) is 2.97. The maximum atomic E-state index is 12.3. The maximum absolute atomic E-state index is 12.3. The number of hydrogen-bond donors (Lipinski definition) is 2. The molecule has 0 spiro atoms. The predicted molar refractivity (Wildman–Crippen MR) is 82.4 cm³/mol. The highest BCUT2D eigenvalue weighted by molar-refractivity contribution is 6.09. The zero-order chi connectivity index (χ0) is 17.0. The van der Waals surface area contributed by atoms with E-state index in [9.17, 15) is 9.59 Å². The molecule has 0 saturated heterocycles. The van der Waals surface area contributed by atoms with Gasteiger partial charge in [-0.3, -0.25) is 14.8 Å². The third-order valence-corrected chi connectivity index (χ3v) is 3.18. The van der Waals surface area contributed by atoms with Crippen LogP contribution in [0.5, 0.6) is 0 Å². The minimum Gasteiger partial charge on any atom is -0.347 e. The van der Waals surface area contributed by atoms with E-state index in [2.05, 4.69) is 15.0 Å². The van der Waals surface area contributed by atoms with Crippen molar-refractivity contribution in [2.24, 2.45) is 18.0 Å². The Balaban J connectivity index is 2.35. The van der Waals surface area contributed by atoms with Gasteiger partial charge in [0.15, 0.2) is 5.82 Å². The van der Waals surface area contributed by atoms with Crippen LogP contribution in [-0.4, -0.2) is 37.3 Å². The van der Waals surface area contributed by atoms with Gasteiger partial charge in [-0.05, 0) is 18.1 Å². The molecule has 0 aliphatic heterocycles. The normalized spacial score (nSPS) is 11.6. The second-order valence-corrected chi connectivity index (χ2v) is 5.20. The van der Waals surface area contributed by atoms with Crippen molar-refractivity contribution in [1.29, 1.82) is 0 Å². The molecule has 2 heterocycles. The summed E-state index contributed by atoms with van der Waals surface area (Å²) in [5.74, 6) is -0.921. The van der Waals surface area contributed by atoms with E-state index >= 15 is 0 Å². The van der Waals surface area contributed by atoms with Crippen molar-refractivity contribution in [2.45, 2.75) is 13.8 Å². The number of hydroxylamine groups is 1. The number of nitrogens with one attached hydrogen (secondary N) is 1. The summed E-state index contributed by atoms with van der Waals surface area (Å²) >= 11 is 0. The van der Waals surface area contributed by atoms with Crippen LogP contribution >= 0.6 is 0 Å². The molecule has 0 bridgehead atoms. The van der Waals surface area contributed by atoms with Crippen LogP contribution < -0.4 is 5.48 Å². The van der Waals surface area contributed by atoms with Crippen LogP contribution in [0, 0.1) is 5.92 Å². The molecule has 8 heteroatoms. The molecule has 0 fully saturated rings. The molecule has 0 unspecified atom stereocenters. The molecule has 2 N–H and O–H groups in total. The lowest BCUT2D eigenvalue weighted by molar-refractivity contribution is 0.0705. The molecule has 2 amide bonds. The van der Waals surface area contributed by atoms with E-state index < -0.39 is 5.91 Å². The van der Waals surface area contributed by atoms with Crippen molar-refractivity contribution in [3.8, 4) is 0 Å². The van der Waals surface area contributed by atoms with Gasteiger partial charge in [0.25, 0.3) is 11.8 Å². The van der Waals surface area contributed by atoms with E-state index in [-0.39, 0.29) is 23.2 Å². The number of amides is 2. The topological polar surface area (TPSA) is 109 Å². The first kappa shape index (κ1) is 16.5. The molecule has 2 aromatic rings. The molecule has 23 heavy (non-hydrogen) atoms. The second-order valence-electron chi connectivity index (χ2n) is 5.20. The molecule has 0 aliphatic carbocycles. The van der Waals surface area contributed by atoms with Crippen LogP contribution in [0.25, 0.3) is 0 Å². The molecule has 0 atom stereocenters. The number of carbonyl (C=O) groups excluding carboxylic acids is 2. The number of carbonyl (C=O) groups is 2. The highest BCUT2D eigenvalue weighted by atomic mass is 16.5. The van der Waals surface area contributed by atoms with Gasteiger partial charge in [-0.2, -0.15) is 0 Å². The molecule has 0 aliphatic rings. The van der Waals surface area contributed by atoms with Crippen molar-refractivity contribution >= 4 is 17.5 Å². The average molecular weight is 315 g/mol. The van der Waals surface area contributed by atoms with Gasteiger partial charge in [-0.15, -0.1) is 0 Å². The highest BCUT2D eigenvalue weighted by Crippen LogP contribution is 2.09. The van der Waals surface area contributed by atoms with Crippen LogP contribution in [0.4, 0.5) is 0 Å². The summed E-state index contributed by atoms with van der Waals surface area (Å²) < 4.78 is 1.68. The van der Waals surface area contributed by atoms with E-state index in [0.29, 0.717) is 11.4 Å². The van der Waals surface area contributed by atoms with E-state index in [1.54, 1.807) is 29.9 Å². The Kier molecular flexibility index (Phi) is 4.97. The lowest BCUT2D eigenvalue weighted by Gasteiger charge is -2.09. The largest absolute Gasteiger partial charge is 0.347 e. The summed E-state index contributed by atoms with van der Waals surface area (Å²) in [7, 11) is 1.76. The summed E-state index contributed by atoms with van der Waals surface area (Å²) in [6.07, 6.45) is 4.29. The summed E-state index contributed by atoms with van der Waals surface area (Å²) in [5, 5.41) is 8.58. The summed E-state index contributed by atoms with van der Waals surface area (Å²) in [6, 6.07) is 3.44. The van der Waals surface area contributed by atoms with Gasteiger partial charge < -0.3 is 4.57 Å².